The van der Waals surface area contributed by atoms with Gasteiger partial charge in [-0.05, 0) is 6.42 Å². The van der Waals surface area contributed by atoms with Crippen LogP contribution >= 0.6 is 0 Å². The molecule has 0 aliphatic rings. The van der Waals surface area contributed by atoms with Crippen LogP contribution in [0.3, 0.4) is 0 Å². The number of carbonyl (C=O) groups excluding carboxylic acids is 2. The third kappa shape index (κ3) is 17.8. The first-order valence-electron chi connectivity index (χ1n) is 11.0. The lowest BCUT2D eigenvalue weighted by atomic mass is 10.0. The minimum absolute atomic E-state index is 0.0192. The van der Waals surface area contributed by atoms with Gasteiger partial charge in [0, 0.05) is 12.5 Å². The molecular formula is C22H43NO3. The molecule has 0 aromatic heterocycles. The van der Waals surface area contributed by atoms with Crippen molar-refractivity contribution in [3.8, 4) is 0 Å². The molecule has 0 radical (unpaired) electrons. The zero-order valence-electron chi connectivity index (χ0n) is 17.6. The number of amides is 1. The average molecular weight is 370 g/mol. The molecule has 0 saturated carbocycles. The van der Waals surface area contributed by atoms with Gasteiger partial charge in [-0.15, -0.1) is 0 Å². The molecule has 0 aliphatic heterocycles. The van der Waals surface area contributed by atoms with Crippen LogP contribution in [0.5, 0.6) is 0 Å². The largest absolute Gasteiger partial charge is 0.466 e. The topological polar surface area (TPSA) is 55.4 Å². The van der Waals surface area contributed by atoms with Gasteiger partial charge in [0.05, 0.1) is 13.0 Å². The first kappa shape index (κ1) is 24.9. The van der Waals surface area contributed by atoms with Crippen LogP contribution in [0.2, 0.25) is 0 Å². The number of nitrogens with one attached hydrogen (secondary N) is 1. The summed E-state index contributed by atoms with van der Waals surface area (Å²) in [7, 11) is 0. The highest BCUT2D eigenvalue weighted by molar-refractivity contribution is 5.78. The molecule has 0 rings (SSSR count). The average Bonchev–Trinajstić information content (AvgIpc) is 2.61. The van der Waals surface area contributed by atoms with Crippen LogP contribution in [0.4, 0.5) is 0 Å². The Balaban J connectivity index is 3.21. The standard InChI is InChI=1S/C22H43NO3/c1-4-5-6-7-8-9-10-11-12-13-14-15-16-19-26-21(24)17-18-23-22(25)20(2)3/h20H,4-19H2,1-3H3,(H,23,25). The van der Waals surface area contributed by atoms with Gasteiger partial charge in [0.15, 0.2) is 0 Å². The first-order chi connectivity index (χ1) is 12.6. The summed E-state index contributed by atoms with van der Waals surface area (Å²) < 4.78 is 5.19. The predicted octanol–water partition coefficient (Wildman–Crippen LogP) is 5.78. The van der Waals surface area contributed by atoms with Crippen LogP contribution in [0.25, 0.3) is 0 Å². The molecule has 1 N–H and O–H groups in total. The Kier molecular flexibility index (Phi) is 18.0. The summed E-state index contributed by atoms with van der Waals surface area (Å²) in [4.78, 5) is 22.9. The fourth-order valence-corrected chi connectivity index (χ4v) is 2.87. The summed E-state index contributed by atoms with van der Waals surface area (Å²) in [5, 5.41) is 2.72. The predicted molar refractivity (Wildman–Crippen MR) is 109 cm³/mol. The van der Waals surface area contributed by atoms with E-state index in [1.54, 1.807) is 0 Å². The van der Waals surface area contributed by atoms with Crippen molar-refractivity contribution in [2.75, 3.05) is 13.2 Å². The maximum absolute atomic E-state index is 11.5. The Morgan fingerprint density at radius 1 is 0.769 bits per heavy atom. The molecule has 26 heavy (non-hydrogen) atoms. The molecule has 0 spiro atoms. The first-order valence-corrected chi connectivity index (χ1v) is 11.0. The van der Waals surface area contributed by atoms with Gasteiger partial charge in [-0.1, -0.05) is 97.8 Å². The van der Waals surface area contributed by atoms with Crippen molar-refractivity contribution in [2.24, 2.45) is 5.92 Å². The quantitative estimate of drug-likeness (QED) is 0.246. The molecule has 0 aliphatic carbocycles. The Labute approximate surface area is 161 Å². The van der Waals surface area contributed by atoms with Gasteiger partial charge in [0.1, 0.15) is 0 Å². The zero-order chi connectivity index (χ0) is 19.5. The Morgan fingerprint density at radius 3 is 1.69 bits per heavy atom. The molecule has 0 saturated heterocycles. The second-order valence-corrected chi connectivity index (χ2v) is 7.66. The van der Waals surface area contributed by atoms with Crippen LogP contribution in [0.15, 0.2) is 0 Å². The highest BCUT2D eigenvalue weighted by atomic mass is 16.5. The summed E-state index contributed by atoms with van der Waals surface area (Å²) >= 11 is 0. The third-order valence-electron chi connectivity index (χ3n) is 4.66. The molecule has 0 fully saturated rings. The van der Waals surface area contributed by atoms with Gasteiger partial charge >= 0.3 is 5.97 Å². The SMILES string of the molecule is CCCCCCCCCCCCCCCOC(=O)CCNC(=O)C(C)C. The molecule has 0 aromatic rings. The second kappa shape index (κ2) is 18.7. The van der Waals surface area contributed by atoms with Crippen LogP contribution < -0.4 is 5.32 Å². The summed E-state index contributed by atoms with van der Waals surface area (Å²) in [6.45, 7) is 6.81. The highest BCUT2D eigenvalue weighted by Crippen LogP contribution is 2.12. The summed E-state index contributed by atoms with van der Waals surface area (Å²) in [6, 6.07) is 0. The molecule has 0 bridgehead atoms. The van der Waals surface area contributed by atoms with Crippen LogP contribution in [0.1, 0.15) is 111 Å². The Bertz CT molecular complexity index is 342. The maximum atomic E-state index is 11.5. The van der Waals surface area contributed by atoms with E-state index < -0.39 is 0 Å². The summed E-state index contributed by atoms with van der Waals surface area (Å²) in [5.41, 5.74) is 0. The van der Waals surface area contributed by atoms with Crippen molar-refractivity contribution < 1.29 is 14.3 Å². The van der Waals surface area contributed by atoms with Gasteiger partial charge in [-0.25, -0.2) is 0 Å². The smallest absolute Gasteiger partial charge is 0.307 e. The fourth-order valence-electron chi connectivity index (χ4n) is 2.87. The van der Waals surface area contributed by atoms with Crippen molar-refractivity contribution in [3.63, 3.8) is 0 Å². The lowest BCUT2D eigenvalue weighted by Gasteiger charge is -2.08. The van der Waals surface area contributed by atoms with E-state index >= 15 is 0 Å². The van der Waals surface area contributed by atoms with Crippen molar-refractivity contribution in [3.05, 3.63) is 0 Å². The van der Waals surface area contributed by atoms with Crippen molar-refractivity contribution >= 4 is 11.9 Å². The van der Waals surface area contributed by atoms with Gasteiger partial charge in [0.2, 0.25) is 5.91 Å². The lowest BCUT2D eigenvalue weighted by Crippen LogP contribution is -2.30. The fraction of sp³-hybridized carbons (Fsp3) is 0.909. The minimum atomic E-state index is -0.215. The minimum Gasteiger partial charge on any atom is -0.466 e. The molecule has 0 atom stereocenters. The van der Waals surface area contributed by atoms with Crippen molar-refractivity contribution in [1.82, 2.24) is 5.32 Å². The van der Waals surface area contributed by atoms with Gasteiger partial charge in [-0.3, -0.25) is 9.59 Å². The number of carbonyl (C=O) groups is 2. The third-order valence-corrected chi connectivity index (χ3v) is 4.66. The van der Waals surface area contributed by atoms with E-state index in [1.807, 2.05) is 13.8 Å². The molecule has 0 unspecified atom stereocenters. The van der Waals surface area contributed by atoms with E-state index in [-0.39, 0.29) is 24.2 Å². The van der Waals surface area contributed by atoms with Crippen LogP contribution in [-0.4, -0.2) is 25.0 Å². The number of ether oxygens (including phenoxy) is 1. The van der Waals surface area contributed by atoms with Crippen LogP contribution in [0, 0.1) is 5.92 Å². The zero-order valence-corrected chi connectivity index (χ0v) is 17.6. The van der Waals surface area contributed by atoms with Crippen LogP contribution in [-0.2, 0) is 14.3 Å². The molecular weight excluding hydrogens is 326 g/mol. The molecule has 1 amide bonds. The lowest BCUT2D eigenvalue weighted by molar-refractivity contribution is -0.143. The number of hydrogen-bond donors (Lipinski definition) is 1. The van der Waals surface area contributed by atoms with E-state index in [4.69, 9.17) is 4.74 Å². The molecule has 4 nitrogen and oxygen atoms in total. The van der Waals surface area contributed by atoms with E-state index in [0.29, 0.717) is 13.2 Å². The second-order valence-electron chi connectivity index (χ2n) is 7.66. The van der Waals surface area contributed by atoms with Crippen molar-refractivity contribution in [2.45, 2.75) is 111 Å². The summed E-state index contributed by atoms with van der Waals surface area (Å²) in [6.07, 6.45) is 17.3. The maximum Gasteiger partial charge on any atom is 0.307 e. The van der Waals surface area contributed by atoms with E-state index in [2.05, 4.69) is 12.2 Å². The van der Waals surface area contributed by atoms with E-state index in [9.17, 15) is 9.59 Å². The number of rotatable bonds is 18. The van der Waals surface area contributed by atoms with E-state index in [1.165, 1.54) is 70.6 Å². The molecule has 4 heteroatoms. The Morgan fingerprint density at radius 2 is 1.23 bits per heavy atom. The van der Waals surface area contributed by atoms with Gasteiger partial charge in [-0.2, -0.15) is 0 Å². The number of hydrogen-bond acceptors (Lipinski definition) is 3. The Hall–Kier alpha value is -1.06. The monoisotopic (exact) mass is 369 g/mol. The summed E-state index contributed by atoms with van der Waals surface area (Å²) in [5.74, 6) is -0.279. The molecule has 0 aromatic carbocycles. The molecule has 154 valence electrons. The van der Waals surface area contributed by atoms with Gasteiger partial charge in [0.25, 0.3) is 0 Å². The normalized spacial score (nSPS) is 10.9. The van der Waals surface area contributed by atoms with E-state index in [0.717, 1.165) is 12.8 Å². The van der Waals surface area contributed by atoms with Crippen molar-refractivity contribution in [1.29, 1.82) is 0 Å². The van der Waals surface area contributed by atoms with Gasteiger partial charge < -0.3 is 10.1 Å². The number of esters is 1. The highest BCUT2D eigenvalue weighted by Gasteiger charge is 2.07. The molecule has 0 heterocycles. The number of unbranched alkanes of at least 4 members (excludes halogenated alkanes) is 12.